The molecule has 0 aliphatic carbocycles. The van der Waals surface area contributed by atoms with Gasteiger partial charge in [-0.25, -0.2) is 4.79 Å². The molecule has 1 aliphatic heterocycles. The maximum absolute atomic E-state index is 13.1. The molecule has 27 heavy (non-hydrogen) atoms. The molecule has 0 radical (unpaired) electrons. The average Bonchev–Trinajstić information content (AvgIpc) is 2.69. The van der Waals surface area contributed by atoms with Crippen LogP contribution in [-0.4, -0.2) is 35.8 Å². The summed E-state index contributed by atoms with van der Waals surface area (Å²) in [5.41, 5.74) is 1.38. The topological polar surface area (TPSA) is 84.9 Å². The van der Waals surface area contributed by atoms with E-state index in [4.69, 9.17) is 9.47 Å². The second kappa shape index (κ2) is 8.33. The summed E-state index contributed by atoms with van der Waals surface area (Å²) >= 11 is 0. The van der Waals surface area contributed by atoms with Crippen LogP contribution in [0.1, 0.15) is 34.3 Å². The highest BCUT2D eigenvalue weighted by atomic mass is 16.5. The first-order valence-electron chi connectivity index (χ1n) is 8.91. The summed E-state index contributed by atoms with van der Waals surface area (Å²) in [6.07, 6.45) is 0.896. The largest absolute Gasteiger partial charge is 0.478 e. The number of carboxylic acids is 1. The number of amides is 1. The highest BCUT2D eigenvalue weighted by Gasteiger charge is 2.41. The van der Waals surface area contributed by atoms with E-state index in [-0.39, 0.29) is 11.5 Å². The second-order valence-electron chi connectivity index (χ2n) is 6.67. The molecular formula is C21H23NO5. The highest BCUT2D eigenvalue weighted by molar-refractivity contribution is 5.99. The lowest BCUT2D eigenvalue weighted by Crippen LogP contribution is -2.49. The van der Waals surface area contributed by atoms with E-state index >= 15 is 0 Å². The molecule has 0 atom stereocenters. The van der Waals surface area contributed by atoms with Gasteiger partial charge in [0, 0.05) is 31.7 Å². The fourth-order valence-corrected chi connectivity index (χ4v) is 3.06. The van der Waals surface area contributed by atoms with E-state index in [9.17, 15) is 14.7 Å². The van der Waals surface area contributed by atoms with Gasteiger partial charge in [0.25, 0.3) is 5.91 Å². The van der Waals surface area contributed by atoms with Crippen molar-refractivity contribution in [3.05, 3.63) is 65.2 Å². The van der Waals surface area contributed by atoms with Gasteiger partial charge in [-0.3, -0.25) is 4.79 Å². The highest BCUT2D eigenvalue weighted by Crippen LogP contribution is 2.29. The van der Waals surface area contributed by atoms with Gasteiger partial charge >= 0.3 is 5.97 Å². The first-order chi connectivity index (χ1) is 13.0. The van der Waals surface area contributed by atoms with E-state index in [2.05, 4.69) is 5.32 Å². The second-order valence-corrected chi connectivity index (χ2v) is 6.67. The van der Waals surface area contributed by atoms with Gasteiger partial charge in [0.1, 0.15) is 0 Å². The molecule has 0 spiro atoms. The Morgan fingerprint density at radius 3 is 2.52 bits per heavy atom. The zero-order valence-corrected chi connectivity index (χ0v) is 15.2. The van der Waals surface area contributed by atoms with E-state index in [0.29, 0.717) is 38.3 Å². The quantitative estimate of drug-likeness (QED) is 0.815. The van der Waals surface area contributed by atoms with Gasteiger partial charge in [0.2, 0.25) is 0 Å². The molecule has 2 aromatic rings. The molecule has 1 saturated heterocycles. The van der Waals surface area contributed by atoms with E-state index in [1.807, 2.05) is 37.3 Å². The van der Waals surface area contributed by atoms with Crippen LogP contribution in [0.25, 0.3) is 0 Å². The maximum atomic E-state index is 13.1. The third kappa shape index (κ3) is 4.53. The minimum absolute atomic E-state index is 0.127. The molecular weight excluding hydrogens is 346 g/mol. The van der Waals surface area contributed by atoms with Crippen LogP contribution in [0, 0.1) is 6.92 Å². The molecule has 6 nitrogen and oxygen atoms in total. The summed E-state index contributed by atoms with van der Waals surface area (Å²) in [5, 5.41) is 12.1. The molecule has 0 unspecified atom stereocenters. The van der Waals surface area contributed by atoms with Crippen LogP contribution >= 0.6 is 0 Å². The Kier molecular flexibility index (Phi) is 5.88. The zero-order valence-electron chi connectivity index (χ0n) is 15.2. The molecule has 1 heterocycles. The molecule has 6 heteroatoms. The van der Waals surface area contributed by atoms with Gasteiger partial charge in [-0.1, -0.05) is 36.4 Å². The third-order valence-electron chi connectivity index (χ3n) is 4.80. The smallest absolute Gasteiger partial charge is 0.335 e. The Morgan fingerprint density at radius 1 is 1.15 bits per heavy atom. The van der Waals surface area contributed by atoms with E-state index in [1.54, 1.807) is 6.07 Å². The molecule has 1 fully saturated rings. The van der Waals surface area contributed by atoms with Gasteiger partial charge in [0.05, 0.1) is 12.2 Å². The van der Waals surface area contributed by atoms with Crippen molar-refractivity contribution in [3.8, 4) is 0 Å². The monoisotopic (exact) mass is 369 g/mol. The van der Waals surface area contributed by atoms with Crippen LogP contribution < -0.4 is 5.32 Å². The molecule has 1 aliphatic rings. The number of carboxylic acid groups (broad SMARTS) is 1. The van der Waals surface area contributed by atoms with Crippen molar-refractivity contribution < 1.29 is 24.2 Å². The van der Waals surface area contributed by atoms with Crippen LogP contribution in [0.5, 0.6) is 0 Å². The number of hydrogen-bond donors (Lipinski definition) is 2. The van der Waals surface area contributed by atoms with Crippen molar-refractivity contribution >= 4 is 17.6 Å². The van der Waals surface area contributed by atoms with Crippen LogP contribution in [-0.2, 0) is 20.9 Å². The van der Waals surface area contributed by atoms with Crippen molar-refractivity contribution in [1.82, 2.24) is 0 Å². The fraction of sp³-hybridized carbons (Fsp3) is 0.333. The van der Waals surface area contributed by atoms with Gasteiger partial charge in [-0.05, 0) is 30.2 Å². The number of aromatic carboxylic acids is 1. The minimum Gasteiger partial charge on any atom is -0.478 e. The Bertz CT molecular complexity index is 813. The van der Waals surface area contributed by atoms with Crippen molar-refractivity contribution in [3.63, 3.8) is 0 Å². The molecule has 0 bridgehead atoms. The fourth-order valence-electron chi connectivity index (χ4n) is 3.06. The summed E-state index contributed by atoms with van der Waals surface area (Å²) in [5.74, 6) is -1.31. The van der Waals surface area contributed by atoms with E-state index in [1.165, 1.54) is 12.1 Å². The lowest BCUT2D eigenvalue weighted by atomic mass is 9.92. The Hall–Kier alpha value is -2.70. The first-order valence-corrected chi connectivity index (χ1v) is 8.91. The predicted octanol–water partition coefficient (Wildman–Crippen LogP) is 3.40. The number of aryl methyl sites for hydroxylation is 1. The van der Waals surface area contributed by atoms with Gasteiger partial charge < -0.3 is 19.9 Å². The molecule has 2 aromatic carbocycles. The normalized spacial score (nSPS) is 15.9. The van der Waals surface area contributed by atoms with Crippen LogP contribution in [0.2, 0.25) is 0 Å². The summed E-state index contributed by atoms with van der Waals surface area (Å²) in [7, 11) is 0. The zero-order chi connectivity index (χ0) is 19.3. The van der Waals surface area contributed by atoms with Gasteiger partial charge in [0.15, 0.2) is 5.60 Å². The summed E-state index contributed by atoms with van der Waals surface area (Å²) in [6, 6.07) is 14.4. The molecule has 3 rings (SSSR count). The first kappa shape index (κ1) is 19.1. The number of nitrogens with one attached hydrogen (secondary N) is 1. The lowest BCUT2D eigenvalue weighted by Gasteiger charge is -2.35. The molecule has 0 aromatic heterocycles. The Balaban J connectivity index is 1.79. The third-order valence-corrected chi connectivity index (χ3v) is 4.80. The summed E-state index contributed by atoms with van der Waals surface area (Å²) < 4.78 is 11.5. The number of carbonyl (C=O) groups is 2. The summed E-state index contributed by atoms with van der Waals surface area (Å²) in [4.78, 5) is 24.3. The number of carbonyl (C=O) groups excluding carboxylic acids is 1. The number of benzene rings is 2. The number of hydrogen-bond acceptors (Lipinski definition) is 4. The van der Waals surface area contributed by atoms with E-state index in [0.717, 1.165) is 11.1 Å². The van der Waals surface area contributed by atoms with Crippen LogP contribution in [0.4, 0.5) is 5.69 Å². The van der Waals surface area contributed by atoms with Crippen molar-refractivity contribution in [2.75, 3.05) is 18.5 Å². The summed E-state index contributed by atoms with van der Waals surface area (Å²) in [6.45, 7) is 3.03. The minimum atomic E-state index is -1.04. The molecule has 142 valence electrons. The van der Waals surface area contributed by atoms with Gasteiger partial charge in [-0.2, -0.15) is 0 Å². The van der Waals surface area contributed by atoms with Crippen molar-refractivity contribution in [1.29, 1.82) is 0 Å². The molecule has 0 saturated carbocycles. The lowest BCUT2D eigenvalue weighted by molar-refractivity contribution is -0.158. The predicted molar refractivity (Wildman–Crippen MR) is 101 cm³/mol. The molecule has 2 N–H and O–H groups in total. The average molecular weight is 369 g/mol. The maximum Gasteiger partial charge on any atom is 0.335 e. The number of anilines is 1. The standard InChI is InChI=1S/C21H23NO5/c1-15-7-8-17(19(23)24)13-18(15)22-20(25)21(9-11-26-12-10-21)27-14-16-5-3-2-4-6-16/h2-8,13H,9-12,14H2,1H3,(H,22,25)(H,23,24). The number of ether oxygens (including phenoxy) is 2. The van der Waals surface area contributed by atoms with Crippen molar-refractivity contribution in [2.24, 2.45) is 0 Å². The van der Waals surface area contributed by atoms with Crippen LogP contribution in [0.3, 0.4) is 0 Å². The van der Waals surface area contributed by atoms with Crippen molar-refractivity contribution in [2.45, 2.75) is 32.0 Å². The SMILES string of the molecule is Cc1ccc(C(=O)O)cc1NC(=O)C1(OCc2ccccc2)CCOCC1. The molecule has 1 amide bonds. The van der Waals surface area contributed by atoms with E-state index < -0.39 is 11.6 Å². The Labute approximate surface area is 158 Å². The Morgan fingerprint density at radius 2 is 1.85 bits per heavy atom. The number of rotatable bonds is 6. The van der Waals surface area contributed by atoms with Gasteiger partial charge in [-0.15, -0.1) is 0 Å². The van der Waals surface area contributed by atoms with Crippen LogP contribution in [0.15, 0.2) is 48.5 Å².